The second-order valence-electron chi connectivity index (χ2n) is 4.54. The molecule has 19 heavy (non-hydrogen) atoms. The number of carboxylic acid groups (broad SMARTS) is 1. The number of aliphatic carboxylic acids is 1. The van der Waals surface area contributed by atoms with Crippen molar-refractivity contribution in [3.8, 4) is 11.5 Å². The van der Waals surface area contributed by atoms with Crippen molar-refractivity contribution in [3.63, 3.8) is 0 Å². The van der Waals surface area contributed by atoms with Crippen LogP contribution in [0.5, 0.6) is 11.5 Å². The van der Waals surface area contributed by atoms with Crippen LogP contribution in [-0.2, 0) is 4.79 Å². The second kappa shape index (κ2) is 5.90. The van der Waals surface area contributed by atoms with Gasteiger partial charge in [0, 0.05) is 12.5 Å². The van der Waals surface area contributed by atoms with Crippen molar-refractivity contribution in [3.05, 3.63) is 23.8 Å². The maximum Gasteiger partial charge on any atom is 0.320 e. The molecule has 2 unspecified atom stereocenters. The minimum Gasteiger partial charge on any atom is -0.490 e. The van der Waals surface area contributed by atoms with Crippen LogP contribution in [0.15, 0.2) is 18.2 Å². The molecule has 6 heteroatoms. The molecule has 0 saturated heterocycles. The molecule has 0 amide bonds. The molecule has 1 aliphatic rings. The fourth-order valence-corrected chi connectivity index (χ4v) is 1.92. The Balaban J connectivity index is 2.12. The van der Waals surface area contributed by atoms with Gasteiger partial charge in [0.15, 0.2) is 11.5 Å². The Hall–Kier alpha value is -1.79. The average Bonchev–Trinajstić information content (AvgIpc) is 2.62. The number of benzene rings is 1. The molecule has 2 atom stereocenters. The van der Waals surface area contributed by atoms with Gasteiger partial charge in [-0.1, -0.05) is 6.07 Å². The summed E-state index contributed by atoms with van der Waals surface area (Å²) < 4.78 is 11.1. The number of hydrogen-bond donors (Lipinski definition) is 3. The number of hydrogen-bond acceptors (Lipinski definition) is 5. The molecular formula is C13H18N2O4. The first-order chi connectivity index (χ1) is 9.08. The van der Waals surface area contributed by atoms with Gasteiger partial charge in [0.25, 0.3) is 0 Å². The Bertz CT molecular complexity index is 464. The zero-order valence-corrected chi connectivity index (χ0v) is 10.5. The highest BCUT2D eigenvalue weighted by Gasteiger charge is 2.19. The molecule has 0 radical (unpaired) electrons. The van der Waals surface area contributed by atoms with Gasteiger partial charge in [-0.15, -0.1) is 0 Å². The smallest absolute Gasteiger partial charge is 0.320 e. The van der Waals surface area contributed by atoms with Crippen LogP contribution in [-0.4, -0.2) is 30.3 Å². The predicted molar refractivity (Wildman–Crippen MR) is 69.2 cm³/mol. The Labute approximate surface area is 111 Å². The highest BCUT2D eigenvalue weighted by Crippen LogP contribution is 2.32. The van der Waals surface area contributed by atoms with Gasteiger partial charge in [0.2, 0.25) is 0 Å². The van der Waals surface area contributed by atoms with Gasteiger partial charge in [-0.05, 0) is 24.1 Å². The lowest BCUT2D eigenvalue weighted by Crippen LogP contribution is -2.33. The Morgan fingerprint density at radius 3 is 2.63 bits per heavy atom. The number of fused-ring (bicyclic) bond motifs is 1. The lowest BCUT2D eigenvalue weighted by atomic mass is 10.00. The first-order valence-electron chi connectivity index (χ1n) is 6.21. The summed E-state index contributed by atoms with van der Waals surface area (Å²) in [4.78, 5) is 10.7. The van der Waals surface area contributed by atoms with Crippen LogP contribution in [0.25, 0.3) is 0 Å². The van der Waals surface area contributed by atoms with E-state index in [9.17, 15) is 4.79 Å². The monoisotopic (exact) mass is 266 g/mol. The lowest BCUT2D eigenvalue weighted by molar-refractivity contribution is -0.138. The van der Waals surface area contributed by atoms with Crippen molar-refractivity contribution in [1.29, 1.82) is 0 Å². The van der Waals surface area contributed by atoms with Gasteiger partial charge in [-0.2, -0.15) is 0 Å². The van der Waals surface area contributed by atoms with Crippen molar-refractivity contribution < 1.29 is 19.4 Å². The third kappa shape index (κ3) is 3.36. The lowest BCUT2D eigenvalue weighted by Gasteiger charge is -2.16. The molecule has 5 N–H and O–H groups in total. The number of ether oxygens (including phenoxy) is 2. The molecule has 1 aromatic rings. The minimum absolute atomic E-state index is 0.176. The first kappa shape index (κ1) is 13.6. The van der Waals surface area contributed by atoms with Gasteiger partial charge in [0.1, 0.15) is 6.04 Å². The number of nitrogens with two attached hydrogens (primary N) is 2. The Kier molecular flexibility index (Phi) is 4.24. The van der Waals surface area contributed by atoms with Gasteiger partial charge in [-0.3, -0.25) is 4.79 Å². The SMILES string of the molecule is NC(CC(N)c1ccc2c(c1)OCCCO2)C(=O)O. The van der Waals surface area contributed by atoms with E-state index in [1.807, 2.05) is 6.07 Å². The van der Waals surface area contributed by atoms with Gasteiger partial charge in [0.05, 0.1) is 13.2 Å². The van der Waals surface area contributed by atoms with E-state index in [1.165, 1.54) is 0 Å². The molecule has 1 heterocycles. The van der Waals surface area contributed by atoms with Crippen LogP contribution in [0.3, 0.4) is 0 Å². The maximum absolute atomic E-state index is 10.7. The second-order valence-corrected chi connectivity index (χ2v) is 4.54. The zero-order chi connectivity index (χ0) is 13.8. The van der Waals surface area contributed by atoms with E-state index in [4.69, 9.17) is 26.0 Å². The molecule has 2 rings (SSSR count). The molecule has 0 aromatic heterocycles. The normalized spacial score (nSPS) is 17.4. The summed E-state index contributed by atoms with van der Waals surface area (Å²) in [6, 6.07) is 3.99. The van der Waals surface area contributed by atoms with Crippen LogP contribution >= 0.6 is 0 Å². The van der Waals surface area contributed by atoms with E-state index >= 15 is 0 Å². The van der Waals surface area contributed by atoms with Crippen molar-refractivity contribution >= 4 is 5.97 Å². The van der Waals surface area contributed by atoms with Gasteiger partial charge < -0.3 is 26.0 Å². The van der Waals surface area contributed by atoms with E-state index in [2.05, 4.69) is 0 Å². The molecule has 6 nitrogen and oxygen atoms in total. The highest BCUT2D eigenvalue weighted by molar-refractivity contribution is 5.73. The summed E-state index contributed by atoms with van der Waals surface area (Å²) in [5.41, 5.74) is 12.2. The summed E-state index contributed by atoms with van der Waals surface area (Å²) in [5.74, 6) is 0.287. The fraction of sp³-hybridized carbons (Fsp3) is 0.462. The number of carboxylic acids is 1. The van der Waals surface area contributed by atoms with Gasteiger partial charge in [-0.25, -0.2) is 0 Å². The van der Waals surface area contributed by atoms with E-state index in [0.29, 0.717) is 24.7 Å². The summed E-state index contributed by atoms with van der Waals surface area (Å²) in [5, 5.41) is 8.78. The number of carbonyl (C=O) groups is 1. The van der Waals surface area contributed by atoms with Crippen LogP contribution in [0.1, 0.15) is 24.4 Å². The van der Waals surface area contributed by atoms with Crippen LogP contribution in [0.4, 0.5) is 0 Å². The first-order valence-corrected chi connectivity index (χ1v) is 6.21. The molecule has 1 aliphatic heterocycles. The zero-order valence-electron chi connectivity index (χ0n) is 10.5. The highest BCUT2D eigenvalue weighted by atomic mass is 16.5. The van der Waals surface area contributed by atoms with E-state index in [-0.39, 0.29) is 6.42 Å². The Morgan fingerprint density at radius 1 is 1.26 bits per heavy atom. The van der Waals surface area contributed by atoms with Crippen LogP contribution < -0.4 is 20.9 Å². The molecule has 0 spiro atoms. The molecule has 0 aliphatic carbocycles. The minimum atomic E-state index is -1.05. The molecule has 1 aromatic carbocycles. The molecule has 0 bridgehead atoms. The van der Waals surface area contributed by atoms with Crippen molar-refractivity contribution in [2.45, 2.75) is 24.9 Å². The largest absolute Gasteiger partial charge is 0.490 e. The van der Waals surface area contributed by atoms with Crippen LogP contribution in [0, 0.1) is 0 Å². The summed E-state index contributed by atoms with van der Waals surface area (Å²) in [7, 11) is 0. The molecule has 0 saturated carbocycles. The molecular weight excluding hydrogens is 248 g/mol. The van der Waals surface area contributed by atoms with E-state index in [1.54, 1.807) is 12.1 Å². The van der Waals surface area contributed by atoms with Crippen molar-refractivity contribution in [1.82, 2.24) is 0 Å². The molecule has 0 fully saturated rings. The van der Waals surface area contributed by atoms with Gasteiger partial charge >= 0.3 is 5.97 Å². The third-order valence-corrected chi connectivity index (χ3v) is 3.02. The number of rotatable bonds is 4. The van der Waals surface area contributed by atoms with Crippen molar-refractivity contribution in [2.75, 3.05) is 13.2 Å². The molecule has 104 valence electrons. The van der Waals surface area contributed by atoms with Crippen molar-refractivity contribution in [2.24, 2.45) is 11.5 Å². The Morgan fingerprint density at radius 2 is 1.95 bits per heavy atom. The van der Waals surface area contributed by atoms with E-state index < -0.39 is 18.1 Å². The summed E-state index contributed by atoms with van der Waals surface area (Å²) >= 11 is 0. The standard InChI is InChI=1S/C13H18N2O4/c14-9(7-10(15)13(16)17)8-2-3-11-12(6-8)19-5-1-4-18-11/h2-3,6,9-10H,1,4-5,7,14-15H2,(H,16,17). The van der Waals surface area contributed by atoms with E-state index in [0.717, 1.165) is 12.0 Å². The predicted octanol–water partition coefficient (Wildman–Crippen LogP) is 0.650. The topological polar surface area (TPSA) is 108 Å². The third-order valence-electron chi connectivity index (χ3n) is 3.02. The fourth-order valence-electron chi connectivity index (χ4n) is 1.92. The maximum atomic E-state index is 10.7. The summed E-state index contributed by atoms with van der Waals surface area (Å²) in [6.45, 7) is 1.22. The van der Waals surface area contributed by atoms with Crippen LogP contribution in [0.2, 0.25) is 0 Å². The summed E-state index contributed by atoms with van der Waals surface area (Å²) in [6.07, 6.45) is 1.01. The quantitative estimate of drug-likeness (QED) is 0.738. The average molecular weight is 266 g/mol.